The second kappa shape index (κ2) is 8.89. The highest BCUT2D eigenvalue weighted by molar-refractivity contribution is 9.10. The Morgan fingerprint density at radius 1 is 1.11 bits per heavy atom. The van der Waals surface area contributed by atoms with Crippen molar-refractivity contribution in [2.75, 3.05) is 26.9 Å². The molecule has 0 spiro atoms. The Hall–Kier alpha value is -1.85. The molecule has 1 aliphatic heterocycles. The van der Waals surface area contributed by atoms with Crippen molar-refractivity contribution < 1.29 is 14.3 Å². The molecule has 0 atom stereocenters. The van der Waals surface area contributed by atoms with E-state index in [1.54, 1.807) is 0 Å². The lowest BCUT2D eigenvalue weighted by molar-refractivity contribution is -0.140. The van der Waals surface area contributed by atoms with Gasteiger partial charge in [0.15, 0.2) is 0 Å². The maximum atomic E-state index is 13.5. The van der Waals surface area contributed by atoms with Gasteiger partial charge in [-0.15, -0.1) is 0 Å². The molecule has 4 nitrogen and oxygen atoms in total. The number of hydrogen-bond acceptors (Lipinski definition) is 3. The van der Waals surface area contributed by atoms with Gasteiger partial charge in [-0.3, -0.25) is 4.79 Å². The molecule has 3 rings (SSSR count). The average molecular weight is 432 g/mol. The first-order valence-corrected chi connectivity index (χ1v) is 10.2. The third kappa shape index (κ3) is 4.53. The Labute approximate surface area is 169 Å². The van der Waals surface area contributed by atoms with Crippen molar-refractivity contribution in [1.82, 2.24) is 4.90 Å². The first kappa shape index (κ1) is 19.9. The van der Waals surface area contributed by atoms with Gasteiger partial charge >= 0.3 is 0 Å². The number of halogens is 1. The van der Waals surface area contributed by atoms with Crippen molar-refractivity contribution >= 4 is 21.8 Å². The second-order valence-corrected chi connectivity index (χ2v) is 7.86. The zero-order valence-electron chi connectivity index (χ0n) is 15.9. The van der Waals surface area contributed by atoms with Crippen LogP contribution in [0, 0.1) is 0 Å². The number of ether oxygens (including phenoxy) is 2. The summed E-state index contributed by atoms with van der Waals surface area (Å²) >= 11 is 3.48. The van der Waals surface area contributed by atoms with E-state index in [-0.39, 0.29) is 5.91 Å². The number of carbonyl (C=O) groups is 1. The molecule has 0 radical (unpaired) electrons. The lowest BCUT2D eigenvalue weighted by Gasteiger charge is -2.39. The van der Waals surface area contributed by atoms with E-state index in [0.29, 0.717) is 39.2 Å². The molecule has 2 aromatic carbocycles. The fourth-order valence-corrected chi connectivity index (χ4v) is 3.95. The third-order valence-corrected chi connectivity index (χ3v) is 5.68. The summed E-state index contributed by atoms with van der Waals surface area (Å²) in [5.74, 6) is 1.01. The predicted octanol–water partition coefficient (Wildman–Crippen LogP) is 4.55. The van der Waals surface area contributed by atoms with Crippen molar-refractivity contribution in [3.8, 4) is 5.75 Å². The molecule has 1 heterocycles. The highest BCUT2D eigenvalue weighted by Crippen LogP contribution is 2.37. The van der Waals surface area contributed by atoms with Crippen LogP contribution in [-0.4, -0.2) is 37.7 Å². The Kier molecular flexibility index (Phi) is 6.55. The quantitative estimate of drug-likeness (QED) is 0.672. The second-order valence-electron chi connectivity index (χ2n) is 6.94. The number of carbonyl (C=O) groups excluding carboxylic acids is 1. The van der Waals surface area contributed by atoms with E-state index in [2.05, 4.69) is 28.1 Å². The van der Waals surface area contributed by atoms with E-state index in [0.717, 1.165) is 21.3 Å². The van der Waals surface area contributed by atoms with E-state index in [9.17, 15) is 4.79 Å². The van der Waals surface area contributed by atoms with Crippen LogP contribution in [0.3, 0.4) is 0 Å². The average Bonchev–Trinajstić information content (AvgIpc) is 2.70. The smallest absolute Gasteiger partial charge is 0.233 e. The molecule has 1 fully saturated rings. The lowest BCUT2D eigenvalue weighted by atomic mass is 9.73. The highest BCUT2D eigenvalue weighted by Gasteiger charge is 2.43. The Morgan fingerprint density at radius 2 is 1.74 bits per heavy atom. The van der Waals surface area contributed by atoms with E-state index >= 15 is 0 Å². The highest BCUT2D eigenvalue weighted by atomic mass is 79.9. The molecule has 144 valence electrons. The molecule has 2 aromatic rings. The zero-order chi connectivity index (χ0) is 19.3. The molecule has 1 amide bonds. The van der Waals surface area contributed by atoms with Gasteiger partial charge in [-0.25, -0.2) is 0 Å². The zero-order valence-corrected chi connectivity index (χ0v) is 17.5. The van der Waals surface area contributed by atoms with Crippen molar-refractivity contribution in [3.63, 3.8) is 0 Å². The minimum Gasteiger partial charge on any atom is -0.494 e. The third-order valence-electron chi connectivity index (χ3n) is 5.15. The SMILES string of the molecule is CCOc1ccc(CN(C)C(=O)C2(c3ccc(Br)cc3)CCOCC2)cc1. The van der Waals surface area contributed by atoms with Gasteiger partial charge < -0.3 is 14.4 Å². The summed E-state index contributed by atoms with van der Waals surface area (Å²) < 4.78 is 12.1. The van der Waals surface area contributed by atoms with Gasteiger partial charge in [-0.2, -0.15) is 0 Å². The summed E-state index contributed by atoms with van der Waals surface area (Å²) in [6.45, 7) is 4.41. The molecule has 0 N–H and O–H groups in total. The van der Waals surface area contributed by atoms with E-state index in [1.165, 1.54) is 0 Å². The fourth-order valence-electron chi connectivity index (χ4n) is 3.68. The first-order chi connectivity index (χ1) is 13.0. The van der Waals surface area contributed by atoms with Crippen molar-refractivity contribution in [2.45, 2.75) is 31.7 Å². The maximum absolute atomic E-state index is 13.5. The summed E-state index contributed by atoms with van der Waals surface area (Å²) in [5.41, 5.74) is 1.64. The molecular weight excluding hydrogens is 406 g/mol. The van der Waals surface area contributed by atoms with Crippen LogP contribution in [0.2, 0.25) is 0 Å². The summed E-state index contributed by atoms with van der Waals surface area (Å²) in [6.07, 6.45) is 1.42. The van der Waals surface area contributed by atoms with E-state index in [1.807, 2.05) is 55.3 Å². The van der Waals surface area contributed by atoms with Crippen LogP contribution in [0.5, 0.6) is 5.75 Å². The standard InChI is InChI=1S/C22H26BrNO3/c1-3-27-20-10-4-17(5-11-20)16-24(2)21(25)22(12-14-26-15-13-22)18-6-8-19(23)9-7-18/h4-11H,3,12-16H2,1-2H3. The number of likely N-dealkylation sites (N-methyl/N-ethyl adjacent to an activating group) is 1. The Bertz CT molecular complexity index is 752. The van der Waals surface area contributed by atoms with E-state index < -0.39 is 5.41 Å². The lowest BCUT2D eigenvalue weighted by Crippen LogP contribution is -2.48. The number of rotatable bonds is 6. The van der Waals surface area contributed by atoms with Gasteiger partial charge in [0, 0.05) is 31.3 Å². The van der Waals surface area contributed by atoms with Crippen LogP contribution in [-0.2, 0) is 21.5 Å². The topological polar surface area (TPSA) is 38.8 Å². The molecule has 0 unspecified atom stereocenters. The Balaban J connectivity index is 1.79. The van der Waals surface area contributed by atoms with Crippen LogP contribution >= 0.6 is 15.9 Å². The van der Waals surface area contributed by atoms with Gasteiger partial charge in [0.2, 0.25) is 5.91 Å². The minimum absolute atomic E-state index is 0.155. The van der Waals surface area contributed by atoms with Crippen molar-refractivity contribution in [2.24, 2.45) is 0 Å². The molecule has 1 saturated heterocycles. The van der Waals surface area contributed by atoms with Crippen LogP contribution in [0.15, 0.2) is 53.0 Å². The Morgan fingerprint density at radius 3 is 2.33 bits per heavy atom. The number of nitrogens with zero attached hydrogens (tertiary/aromatic N) is 1. The van der Waals surface area contributed by atoms with Crippen LogP contribution in [0.4, 0.5) is 0 Å². The minimum atomic E-state index is -0.515. The molecule has 27 heavy (non-hydrogen) atoms. The van der Waals surface area contributed by atoms with Gasteiger partial charge in [0.05, 0.1) is 12.0 Å². The molecule has 0 aromatic heterocycles. The van der Waals surface area contributed by atoms with Crippen molar-refractivity contribution in [3.05, 3.63) is 64.1 Å². The van der Waals surface area contributed by atoms with Gasteiger partial charge in [0.1, 0.15) is 5.75 Å². The summed E-state index contributed by atoms with van der Waals surface area (Å²) in [4.78, 5) is 15.3. The first-order valence-electron chi connectivity index (χ1n) is 9.36. The molecule has 0 bridgehead atoms. The normalized spacial score (nSPS) is 16.0. The number of benzene rings is 2. The van der Waals surface area contributed by atoms with Gasteiger partial charge in [-0.1, -0.05) is 40.2 Å². The summed E-state index contributed by atoms with van der Waals surface area (Å²) in [5, 5.41) is 0. The van der Waals surface area contributed by atoms with Gasteiger partial charge in [-0.05, 0) is 55.2 Å². The van der Waals surface area contributed by atoms with Crippen molar-refractivity contribution in [1.29, 1.82) is 0 Å². The molecule has 5 heteroatoms. The predicted molar refractivity (Wildman–Crippen MR) is 110 cm³/mol. The summed E-state index contributed by atoms with van der Waals surface area (Å²) in [7, 11) is 1.88. The van der Waals surface area contributed by atoms with Crippen LogP contribution in [0.25, 0.3) is 0 Å². The van der Waals surface area contributed by atoms with Gasteiger partial charge in [0.25, 0.3) is 0 Å². The monoisotopic (exact) mass is 431 g/mol. The molecule has 0 aliphatic carbocycles. The summed E-state index contributed by atoms with van der Waals surface area (Å²) in [6, 6.07) is 16.1. The number of hydrogen-bond donors (Lipinski definition) is 0. The number of amides is 1. The largest absolute Gasteiger partial charge is 0.494 e. The van der Waals surface area contributed by atoms with Crippen LogP contribution in [0.1, 0.15) is 30.9 Å². The van der Waals surface area contributed by atoms with E-state index in [4.69, 9.17) is 9.47 Å². The fraction of sp³-hybridized carbons (Fsp3) is 0.409. The molecular formula is C22H26BrNO3. The molecule has 1 aliphatic rings. The van der Waals surface area contributed by atoms with Crippen LogP contribution < -0.4 is 4.74 Å². The molecule has 0 saturated carbocycles. The maximum Gasteiger partial charge on any atom is 0.233 e.